The zero-order valence-electron chi connectivity index (χ0n) is 12.9. The van der Waals surface area contributed by atoms with E-state index in [1.807, 2.05) is 0 Å². The summed E-state index contributed by atoms with van der Waals surface area (Å²) in [6, 6.07) is 2.20. The molecule has 1 fully saturated rings. The number of phenols is 1. The van der Waals surface area contributed by atoms with E-state index in [0.717, 1.165) is 0 Å². The highest BCUT2D eigenvalue weighted by Gasteiger charge is 2.29. The number of halogens is 1. The van der Waals surface area contributed by atoms with Gasteiger partial charge in [0.2, 0.25) is 5.91 Å². The lowest BCUT2D eigenvalue weighted by atomic mass is 10.2. The van der Waals surface area contributed by atoms with E-state index in [1.54, 1.807) is 0 Å². The van der Waals surface area contributed by atoms with Crippen LogP contribution in [0.5, 0.6) is 5.75 Å². The molecular weight excluding hydrogens is 358 g/mol. The summed E-state index contributed by atoms with van der Waals surface area (Å²) < 4.78 is 22.7. The number of sulfone groups is 1. The fraction of sp³-hybridized carbons (Fsp3) is 0.429. The SMILES string of the molecule is C[C@H](NC(=O)NC1CCS(=O)(=O)C1)C(=O)Nc1cc(Cl)ccc1O. The van der Waals surface area contributed by atoms with Crippen molar-refractivity contribution < 1.29 is 23.1 Å². The van der Waals surface area contributed by atoms with Crippen LogP contribution in [0.2, 0.25) is 5.02 Å². The molecule has 0 aromatic heterocycles. The summed E-state index contributed by atoms with van der Waals surface area (Å²) in [6.45, 7) is 1.46. The van der Waals surface area contributed by atoms with Gasteiger partial charge in [-0.15, -0.1) is 0 Å². The van der Waals surface area contributed by atoms with E-state index in [-0.39, 0.29) is 22.9 Å². The number of nitrogens with one attached hydrogen (secondary N) is 3. The molecular formula is C14H18ClN3O5S. The molecule has 4 N–H and O–H groups in total. The molecule has 1 saturated heterocycles. The first-order valence-electron chi connectivity index (χ1n) is 7.23. The van der Waals surface area contributed by atoms with Crippen LogP contribution in [0.1, 0.15) is 13.3 Å². The number of urea groups is 1. The summed E-state index contributed by atoms with van der Waals surface area (Å²) in [5.41, 5.74) is 0.128. The second kappa shape index (κ2) is 7.27. The van der Waals surface area contributed by atoms with Gasteiger partial charge in [-0.25, -0.2) is 13.2 Å². The van der Waals surface area contributed by atoms with Gasteiger partial charge in [-0.1, -0.05) is 11.6 Å². The van der Waals surface area contributed by atoms with Gasteiger partial charge in [0.15, 0.2) is 9.84 Å². The number of aromatic hydroxyl groups is 1. The molecule has 0 saturated carbocycles. The Hall–Kier alpha value is -2.00. The highest BCUT2D eigenvalue weighted by molar-refractivity contribution is 7.91. The average molecular weight is 376 g/mol. The first kappa shape index (κ1) is 18.3. The van der Waals surface area contributed by atoms with Crippen LogP contribution in [0.15, 0.2) is 18.2 Å². The fourth-order valence-electron chi connectivity index (χ4n) is 2.25. The summed E-state index contributed by atoms with van der Waals surface area (Å²) >= 11 is 5.79. The standard InChI is InChI=1S/C14H18ClN3O5S/c1-8(13(20)18-11-6-9(15)2-3-12(11)19)16-14(21)17-10-4-5-24(22,23)7-10/h2-3,6,8,10,19H,4-5,7H2,1H3,(H,18,20)(H2,16,17,21)/t8-,10?/m0/s1. The first-order valence-corrected chi connectivity index (χ1v) is 9.43. The number of anilines is 1. The first-order chi connectivity index (χ1) is 11.2. The van der Waals surface area contributed by atoms with Gasteiger partial charge in [0.1, 0.15) is 11.8 Å². The minimum absolute atomic E-state index is 0.0437. The number of rotatable bonds is 4. The molecule has 1 aromatic carbocycles. The van der Waals surface area contributed by atoms with Crippen molar-refractivity contribution >= 4 is 39.1 Å². The maximum atomic E-state index is 12.0. The molecule has 0 radical (unpaired) electrons. The van der Waals surface area contributed by atoms with Crippen molar-refractivity contribution in [3.63, 3.8) is 0 Å². The van der Waals surface area contributed by atoms with Crippen molar-refractivity contribution in [2.24, 2.45) is 0 Å². The second-order valence-corrected chi connectivity index (χ2v) is 8.26. The molecule has 24 heavy (non-hydrogen) atoms. The summed E-state index contributed by atoms with van der Waals surface area (Å²) in [7, 11) is -3.10. The number of carbonyl (C=O) groups excluding carboxylic acids is 2. The zero-order valence-corrected chi connectivity index (χ0v) is 14.4. The highest BCUT2D eigenvalue weighted by Crippen LogP contribution is 2.26. The third-order valence-electron chi connectivity index (χ3n) is 3.53. The van der Waals surface area contributed by atoms with Crippen LogP contribution in [0.3, 0.4) is 0 Å². The number of phenolic OH excluding ortho intramolecular Hbond substituents is 1. The number of hydrogen-bond acceptors (Lipinski definition) is 5. The normalized spacial score (nSPS) is 20.2. The molecule has 1 heterocycles. The van der Waals surface area contributed by atoms with Gasteiger partial charge in [0.05, 0.1) is 17.2 Å². The highest BCUT2D eigenvalue weighted by atomic mass is 35.5. The van der Waals surface area contributed by atoms with Gasteiger partial charge in [-0.05, 0) is 31.5 Å². The molecule has 0 bridgehead atoms. The Bertz CT molecular complexity index is 753. The van der Waals surface area contributed by atoms with Crippen LogP contribution in [-0.4, -0.2) is 49.1 Å². The fourth-order valence-corrected chi connectivity index (χ4v) is 4.09. The molecule has 1 aromatic rings. The quantitative estimate of drug-likeness (QED) is 0.581. The van der Waals surface area contributed by atoms with Crippen molar-refractivity contribution in [3.05, 3.63) is 23.2 Å². The molecule has 1 aliphatic heterocycles. The predicted octanol–water partition coefficient (Wildman–Crippen LogP) is 0.859. The lowest BCUT2D eigenvalue weighted by Gasteiger charge is -2.17. The number of carbonyl (C=O) groups is 2. The molecule has 3 amide bonds. The summed E-state index contributed by atoms with van der Waals surface area (Å²) in [6.07, 6.45) is 0.354. The van der Waals surface area contributed by atoms with Crippen molar-refractivity contribution in [1.29, 1.82) is 0 Å². The van der Waals surface area contributed by atoms with Crippen LogP contribution < -0.4 is 16.0 Å². The van der Waals surface area contributed by atoms with Crippen LogP contribution in [0.4, 0.5) is 10.5 Å². The molecule has 132 valence electrons. The van der Waals surface area contributed by atoms with Crippen molar-refractivity contribution in [2.75, 3.05) is 16.8 Å². The predicted molar refractivity (Wildman–Crippen MR) is 89.9 cm³/mol. The summed E-state index contributed by atoms with van der Waals surface area (Å²) in [4.78, 5) is 23.9. The minimum atomic E-state index is -3.10. The smallest absolute Gasteiger partial charge is 0.315 e. The summed E-state index contributed by atoms with van der Waals surface area (Å²) in [5.74, 6) is -0.762. The molecule has 2 rings (SSSR count). The third kappa shape index (κ3) is 5.00. The number of amides is 3. The van der Waals surface area contributed by atoms with Crippen LogP contribution in [-0.2, 0) is 14.6 Å². The Balaban J connectivity index is 1.87. The van der Waals surface area contributed by atoms with Crippen molar-refractivity contribution in [3.8, 4) is 5.75 Å². The van der Waals surface area contributed by atoms with E-state index in [9.17, 15) is 23.1 Å². The Labute approximate surface area is 144 Å². The average Bonchev–Trinajstić information content (AvgIpc) is 2.81. The maximum Gasteiger partial charge on any atom is 0.315 e. The van der Waals surface area contributed by atoms with E-state index in [0.29, 0.717) is 11.4 Å². The molecule has 1 unspecified atom stereocenters. The van der Waals surface area contributed by atoms with Crippen molar-refractivity contribution in [2.45, 2.75) is 25.4 Å². The van der Waals surface area contributed by atoms with Crippen LogP contribution in [0, 0.1) is 0 Å². The lowest BCUT2D eigenvalue weighted by molar-refractivity contribution is -0.117. The van der Waals surface area contributed by atoms with Gasteiger partial charge in [-0.3, -0.25) is 4.79 Å². The van der Waals surface area contributed by atoms with Gasteiger partial charge < -0.3 is 21.1 Å². The van der Waals surface area contributed by atoms with Crippen LogP contribution in [0.25, 0.3) is 0 Å². The summed E-state index contributed by atoms with van der Waals surface area (Å²) in [5, 5.41) is 17.4. The molecule has 8 nitrogen and oxygen atoms in total. The van der Waals surface area contributed by atoms with Crippen LogP contribution >= 0.6 is 11.6 Å². The maximum absolute atomic E-state index is 12.0. The second-order valence-electron chi connectivity index (χ2n) is 5.59. The molecule has 0 spiro atoms. The Morgan fingerprint density at radius 2 is 2.08 bits per heavy atom. The van der Waals surface area contributed by atoms with Gasteiger partial charge in [0, 0.05) is 11.1 Å². The minimum Gasteiger partial charge on any atom is -0.506 e. The topological polar surface area (TPSA) is 125 Å². The lowest BCUT2D eigenvalue weighted by Crippen LogP contribution is -2.49. The van der Waals surface area contributed by atoms with Gasteiger partial charge in [0.25, 0.3) is 0 Å². The zero-order chi connectivity index (χ0) is 17.9. The molecule has 10 heteroatoms. The van der Waals surface area contributed by atoms with Gasteiger partial charge in [-0.2, -0.15) is 0 Å². The molecule has 0 aliphatic carbocycles. The Morgan fingerprint density at radius 1 is 1.38 bits per heavy atom. The van der Waals surface area contributed by atoms with Gasteiger partial charge >= 0.3 is 6.03 Å². The largest absolute Gasteiger partial charge is 0.506 e. The Kier molecular flexibility index (Phi) is 5.55. The Morgan fingerprint density at radius 3 is 2.71 bits per heavy atom. The number of benzene rings is 1. The van der Waals surface area contributed by atoms with E-state index in [1.165, 1.54) is 25.1 Å². The number of hydrogen-bond donors (Lipinski definition) is 4. The van der Waals surface area contributed by atoms with E-state index >= 15 is 0 Å². The van der Waals surface area contributed by atoms with E-state index < -0.39 is 33.9 Å². The van der Waals surface area contributed by atoms with E-state index in [2.05, 4.69) is 16.0 Å². The third-order valence-corrected chi connectivity index (χ3v) is 5.53. The van der Waals surface area contributed by atoms with Crippen molar-refractivity contribution in [1.82, 2.24) is 10.6 Å². The molecule has 1 aliphatic rings. The molecule has 2 atom stereocenters. The monoisotopic (exact) mass is 375 g/mol. The van der Waals surface area contributed by atoms with E-state index in [4.69, 9.17) is 11.6 Å².